The Labute approximate surface area is 127 Å². The van der Waals surface area contributed by atoms with E-state index in [0.717, 1.165) is 22.8 Å². The zero-order chi connectivity index (χ0) is 15.6. The van der Waals surface area contributed by atoms with E-state index in [1.165, 1.54) is 0 Å². The van der Waals surface area contributed by atoms with Gasteiger partial charge in [0, 0.05) is 17.5 Å². The van der Waals surface area contributed by atoms with Crippen LogP contribution >= 0.6 is 0 Å². The van der Waals surface area contributed by atoms with E-state index in [0.29, 0.717) is 18.3 Å². The van der Waals surface area contributed by atoms with Gasteiger partial charge < -0.3 is 15.0 Å². The van der Waals surface area contributed by atoms with Gasteiger partial charge in [0.25, 0.3) is 0 Å². The first-order chi connectivity index (χ1) is 9.97. The number of ether oxygens (including phenoxy) is 1. The Balaban J connectivity index is 2.63. The second-order valence-corrected chi connectivity index (χ2v) is 5.75. The minimum Gasteiger partial charge on any atom is -0.493 e. The number of hydrogen-bond acceptors (Lipinski definition) is 3. The summed E-state index contributed by atoms with van der Waals surface area (Å²) in [6.45, 7) is 11.1. The van der Waals surface area contributed by atoms with Crippen molar-refractivity contribution < 1.29 is 4.74 Å². The zero-order valence-corrected chi connectivity index (χ0v) is 13.6. The maximum Gasteiger partial charge on any atom is 0.132 e. The van der Waals surface area contributed by atoms with Gasteiger partial charge in [-0.3, -0.25) is 0 Å². The van der Waals surface area contributed by atoms with Crippen molar-refractivity contribution in [1.29, 1.82) is 0 Å². The average molecular weight is 287 g/mol. The molecule has 0 saturated carbocycles. The van der Waals surface area contributed by atoms with Gasteiger partial charge in [-0.05, 0) is 32.9 Å². The Morgan fingerprint density at radius 1 is 1.19 bits per heavy atom. The Hall–Kier alpha value is -1.97. The van der Waals surface area contributed by atoms with E-state index in [4.69, 9.17) is 15.5 Å². The number of aromatic nitrogens is 2. The van der Waals surface area contributed by atoms with E-state index >= 15 is 0 Å². The van der Waals surface area contributed by atoms with Gasteiger partial charge in [0.15, 0.2) is 0 Å². The number of anilines is 1. The number of hydrogen-bond donors (Lipinski definition) is 1. The second kappa shape index (κ2) is 6.20. The monoisotopic (exact) mass is 287 g/mol. The Bertz CT molecular complexity index is 614. The molecule has 0 atom stereocenters. The van der Waals surface area contributed by atoms with E-state index < -0.39 is 0 Å². The van der Waals surface area contributed by atoms with Crippen LogP contribution in [0, 0.1) is 0 Å². The lowest BCUT2D eigenvalue weighted by atomic mass is 10.1. The van der Waals surface area contributed by atoms with Crippen LogP contribution < -0.4 is 10.5 Å². The summed E-state index contributed by atoms with van der Waals surface area (Å²) in [4.78, 5) is 4.80. The lowest BCUT2D eigenvalue weighted by molar-refractivity contribution is 0.341. The number of para-hydroxylation sites is 1. The first-order valence-electron chi connectivity index (χ1n) is 7.57. The summed E-state index contributed by atoms with van der Waals surface area (Å²) in [5, 5.41) is 0. The molecule has 2 rings (SSSR count). The maximum atomic E-state index is 6.38. The number of benzene rings is 1. The number of nitrogens with zero attached hydrogens (tertiary/aromatic N) is 2. The lowest BCUT2D eigenvalue weighted by Gasteiger charge is -2.15. The molecule has 0 amide bonds. The van der Waals surface area contributed by atoms with Crippen molar-refractivity contribution in [2.45, 2.75) is 46.6 Å². The predicted octanol–water partition coefficient (Wildman–Crippen LogP) is 4.24. The van der Waals surface area contributed by atoms with Crippen LogP contribution in [0.4, 0.5) is 5.82 Å². The fourth-order valence-electron chi connectivity index (χ4n) is 2.56. The van der Waals surface area contributed by atoms with Crippen molar-refractivity contribution in [2.24, 2.45) is 0 Å². The predicted molar refractivity (Wildman–Crippen MR) is 87.7 cm³/mol. The van der Waals surface area contributed by atoms with Crippen molar-refractivity contribution >= 4 is 5.82 Å². The van der Waals surface area contributed by atoms with Crippen LogP contribution in [0.2, 0.25) is 0 Å². The molecule has 0 aliphatic rings. The summed E-state index contributed by atoms with van der Waals surface area (Å²) in [5.74, 6) is 2.88. The van der Waals surface area contributed by atoms with Gasteiger partial charge in [0.2, 0.25) is 0 Å². The van der Waals surface area contributed by atoms with Crippen LogP contribution in [-0.2, 0) is 0 Å². The van der Waals surface area contributed by atoms with E-state index in [-0.39, 0.29) is 6.04 Å². The van der Waals surface area contributed by atoms with E-state index in [2.05, 4.69) is 32.3 Å². The highest BCUT2D eigenvalue weighted by molar-refractivity contribution is 5.76. The van der Waals surface area contributed by atoms with E-state index in [1.807, 2.05) is 31.2 Å². The third kappa shape index (κ3) is 2.89. The number of nitrogen functional groups attached to an aromatic ring is 1. The average Bonchev–Trinajstić information content (AvgIpc) is 2.78. The van der Waals surface area contributed by atoms with Crippen LogP contribution in [0.25, 0.3) is 11.3 Å². The minimum absolute atomic E-state index is 0.280. The van der Waals surface area contributed by atoms with Crippen molar-refractivity contribution in [3.05, 3.63) is 30.1 Å². The van der Waals surface area contributed by atoms with Gasteiger partial charge in [-0.2, -0.15) is 0 Å². The van der Waals surface area contributed by atoms with Gasteiger partial charge >= 0.3 is 0 Å². The molecule has 1 aromatic carbocycles. The molecule has 4 heteroatoms. The highest BCUT2D eigenvalue weighted by atomic mass is 16.5. The van der Waals surface area contributed by atoms with Crippen molar-refractivity contribution in [1.82, 2.24) is 9.55 Å². The summed E-state index contributed by atoms with van der Waals surface area (Å²) in [7, 11) is 0. The van der Waals surface area contributed by atoms with Crippen molar-refractivity contribution in [2.75, 3.05) is 12.3 Å². The van der Waals surface area contributed by atoms with Crippen molar-refractivity contribution in [3.8, 4) is 17.0 Å². The van der Waals surface area contributed by atoms with Crippen LogP contribution in [0.15, 0.2) is 24.3 Å². The second-order valence-electron chi connectivity index (χ2n) is 5.75. The van der Waals surface area contributed by atoms with Crippen LogP contribution in [-0.4, -0.2) is 16.2 Å². The SMILES string of the molecule is CCOc1ccccc1-c1nc(C(C)C)n(C(C)C)c1N. The van der Waals surface area contributed by atoms with Gasteiger partial charge in [0.05, 0.1) is 6.61 Å². The lowest BCUT2D eigenvalue weighted by Crippen LogP contribution is -2.10. The third-order valence-electron chi connectivity index (χ3n) is 3.45. The molecule has 0 aliphatic carbocycles. The molecule has 0 radical (unpaired) electrons. The molecule has 21 heavy (non-hydrogen) atoms. The normalized spacial score (nSPS) is 11.4. The quantitative estimate of drug-likeness (QED) is 0.895. The van der Waals surface area contributed by atoms with Crippen LogP contribution in [0.5, 0.6) is 5.75 Å². The molecule has 0 spiro atoms. The largest absolute Gasteiger partial charge is 0.493 e. The summed E-state index contributed by atoms with van der Waals surface area (Å²) >= 11 is 0. The topological polar surface area (TPSA) is 53.1 Å². The molecule has 0 saturated heterocycles. The molecule has 0 unspecified atom stereocenters. The molecule has 0 aliphatic heterocycles. The number of imidazole rings is 1. The third-order valence-corrected chi connectivity index (χ3v) is 3.45. The Morgan fingerprint density at radius 2 is 1.86 bits per heavy atom. The fraction of sp³-hybridized carbons (Fsp3) is 0.471. The summed E-state index contributed by atoms with van der Waals surface area (Å²) in [5.41, 5.74) is 8.16. The summed E-state index contributed by atoms with van der Waals surface area (Å²) < 4.78 is 7.83. The number of nitrogens with two attached hydrogens (primary N) is 1. The molecule has 0 bridgehead atoms. The molecular formula is C17H25N3O. The van der Waals surface area contributed by atoms with Crippen molar-refractivity contribution in [3.63, 3.8) is 0 Å². The molecule has 2 aromatic rings. The van der Waals surface area contributed by atoms with Gasteiger partial charge in [-0.25, -0.2) is 4.98 Å². The Kier molecular flexibility index (Phi) is 4.56. The van der Waals surface area contributed by atoms with Gasteiger partial charge in [-0.15, -0.1) is 0 Å². The fourth-order valence-corrected chi connectivity index (χ4v) is 2.56. The smallest absolute Gasteiger partial charge is 0.132 e. The molecule has 4 nitrogen and oxygen atoms in total. The maximum absolute atomic E-state index is 6.38. The van der Waals surface area contributed by atoms with E-state index in [1.54, 1.807) is 0 Å². The Morgan fingerprint density at radius 3 is 2.38 bits per heavy atom. The first-order valence-corrected chi connectivity index (χ1v) is 7.57. The molecule has 2 N–H and O–H groups in total. The molecule has 114 valence electrons. The highest BCUT2D eigenvalue weighted by Gasteiger charge is 2.21. The van der Waals surface area contributed by atoms with Gasteiger partial charge in [0.1, 0.15) is 23.1 Å². The van der Waals surface area contributed by atoms with Crippen LogP contribution in [0.3, 0.4) is 0 Å². The van der Waals surface area contributed by atoms with E-state index in [9.17, 15) is 0 Å². The first kappa shape index (κ1) is 15.4. The zero-order valence-electron chi connectivity index (χ0n) is 13.6. The molecule has 1 aromatic heterocycles. The summed E-state index contributed by atoms with van der Waals surface area (Å²) in [6.07, 6.45) is 0. The molecule has 1 heterocycles. The van der Waals surface area contributed by atoms with Gasteiger partial charge in [-0.1, -0.05) is 26.0 Å². The minimum atomic E-state index is 0.280. The summed E-state index contributed by atoms with van der Waals surface area (Å²) in [6, 6.07) is 8.21. The molecule has 0 fully saturated rings. The molecular weight excluding hydrogens is 262 g/mol. The van der Waals surface area contributed by atoms with Crippen LogP contribution in [0.1, 0.15) is 52.4 Å². The standard InChI is InChI=1S/C17H25N3O/c1-6-21-14-10-8-7-9-13(14)15-16(18)20(12(4)5)17(19-15)11(2)3/h7-12H,6,18H2,1-5H3. The highest BCUT2D eigenvalue weighted by Crippen LogP contribution is 2.36. The number of rotatable bonds is 5.